The van der Waals surface area contributed by atoms with E-state index in [0.717, 1.165) is 11.3 Å². The van der Waals surface area contributed by atoms with Crippen LogP contribution < -0.4 is 4.74 Å². The molecule has 2 fully saturated rings. The van der Waals surface area contributed by atoms with Gasteiger partial charge in [-0.05, 0) is 23.8 Å². The number of likely N-dealkylation sites (tertiary alicyclic amines) is 2. The first kappa shape index (κ1) is 19.2. The van der Waals surface area contributed by atoms with Gasteiger partial charge in [-0.1, -0.05) is 12.1 Å². The summed E-state index contributed by atoms with van der Waals surface area (Å²) in [5.74, 6) is 1.17. The standard InChI is InChI=1S/C21H25N5O3/c1-24(2)21(28)26-12-16-11-25(20(27)15-8-9-22-23-10-15)13-18(16)19(26)14-4-6-17(29-3)7-5-14/h4-10,16,18-19H,11-13H2,1-3H3/t16-,18-,19+/m1/s1. The van der Waals surface area contributed by atoms with E-state index in [1.54, 1.807) is 32.2 Å². The Bertz CT molecular complexity index is 887. The molecule has 3 atom stereocenters. The van der Waals surface area contributed by atoms with E-state index in [2.05, 4.69) is 10.2 Å². The number of rotatable bonds is 3. The molecule has 29 heavy (non-hydrogen) atoms. The molecule has 2 aliphatic heterocycles. The molecule has 2 aromatic rings. The Balaban J connectivity index is 1.60. The number of nitrogens with zero attached hydrogens (tertiary/aromatic N) is 5. The average Bonchev–Trinajstić information content (AvgIpc) is 3.31. The van der Waals surface area contributed by atoms with E-state index in [1.165, 1.54) is 12.4 Å². The van der Waals surface area contributed by atoms with Gasteiger partial charge in [0, 0.05) is 45.6 Å². The number of ether oxygens (including phenoxy) is 1. The van der Waals surface area contributed by atoms with Gasteiger partial charge in [-0.3, -0.25) is 4.79 Å². The van der Waals surface area contributed by atoms with E-state index in [1.807, 2.05) is 34.1 Å². The lowest BCUT2D eigenvalue weighted by atomic mass is 9.89. The zero-order valence-electron chi connectivity index (χ0n) is 16.9. The molecule has 152 valence electrons. The lowest BCUT2D eigenvalue weighted by Gasteiger charge is -2.32. The zero-order valence-corrected chi connectivity index (χ0v) is 16.9. The van der Waals surface area contributed by atoms with Crippen LogP contribution in [0.25, 0.3) is 0 Å². The maximum absolute atomic E-state index is 12.9. The second-order valence-corrected chi connectivity index (χ2v) is 7.81. The van der Waals surface area contributed by atoms with Crippen molar-refractivity contribution >= 4 is 11.9 Å². The third kappa shape index (κ3) is 3.50. The number of carbonyl (C=O) groups is 2. The van der Waals surface area contributed by atoms with E-state index >= 15 is 0 Å². The van der Waals surface area contributed by atoms with Crippen LogP contribution in [0.4, 0.5) is 4.79 Å². The van der Waals surface area contributed by atoms with Gasteiger partial charge in [0.15, 0.2) is 0 Å². The summed E-state index contributed by atoms with van der Waals surface area (Å²) in [6.45, 7) is 1.88. The molecule has 1 aromatic carbocycles. The lowest BCUT2D eigenvalue weighted by molar-refractivity contribution is 0.0766. The van der Waals surface area contributed by atoms with Crippen LogP contribution in [0.2, 0.25) is 0 Å². The van der Waals surface area contributed by atoms with Crippen molar-refractivity contribution in [3.8, 4) is 5.75 Å². The van der Waals surface area contributed by atoms with Crippen LogP contribution >= 0.6 is 0 Å². The molecule has 0 unspecified atom stereocenters. The summed E-state index contributed by atoms with van der Waals surface area (Å²) in [6.07, 6.45) is 3.03. The van der Waals surface area contributed by atoms with Crippen molar-refractivity contribution in [1.82, 2.24) is 24.9 Å². The Morgan fingerprint density at radius 1 is 1.07 bits per heavy atom. The van der Waals surface area contributed by atoms with Gasteiger partial charge in [0.1, 0.15) is 5.75 Å². The van der Waals surface area contributed by atoms with Gasteiger partial charge in [-0.25, -0.2) is 4.79 Å². The maximum Gasteiger partial charge on any atom is 0.320 e. The number of urea groups is 1. The van der Waals surface area contributed by atoms with Gasteiger partial charge < -0.3 is 19.4 Å². The highest BCUT2D eigenvalue weighted by Crippen LogP contribution is 2.45. The third-order valence-corrected chi connectivity index (χ3v) is 5.87. The summed E-state index contributed by atoms with van der Waals surface area (Å²) < 4.78 is 5.28. The van der Waals surface area contributed by atoms with Gasteiger partial charge in [0.05, 0.1) is 31.1 Å². The van der Waals surface area contributed by atoms with Gasteiger partial charge in [-0.2, -0.15) is 10.2 Å². The molecule has 8 nitrogen and oxygen atoms in total. The monoisotopic (exact) mass is 395 g/mol. The summed E-state index contributed by atoms with van der Waals surface area (Å²) >= 11 is 0. The Morgan fingerprint density at radius 3 is 2.45 bits per heavy atom. The second kappa shape index (κ2) is 7.69. The highest BCUT2D eigenvalue weighted by Gasteiger charge is 2.50. The molecule has 0 aliphatic carbocycles. The van der Waals surface area contributed by atoms with Crippen LogP contribution in [-0.4, -0.2) is 77.7 Å². The van der Waals surface area contributed by atoms with Crippen LogP contribution in [0.1, 0.15) is 22.0 Å². The lowest BCUT2D eigenvalue weighted by Crippen LogP contribution is -2.42. The number of aromatic nitrogens is 2. The molecule has 4 rings (SSSR count). The summed E-state index contributed by atoms with van der Waals surface area (Å²) in [4.78, 5) is 31.2. The van der Waals surface area contributed by atoms with Gasteiger partial charge in [-0.15, -0.1) is 0 Å². The third-order valence-electron chi connectivity index (χ3n) is 5.87. The van der Waals surface area contributed by atoms with E-state index in [-0.39, 0.29) is 29.8 Å². The van der Waals surface area contributed by atoms with Crippen molar-refractivity contribution in [3.63, 3.8) is 0 Å². The average molecular weight is 395 g/mol. The topological polar surface area (TPSA) is 78.9 Å². The number of fused-ring (bicyclic) bond motifs is 1. The van der Waals surface area contributed by atoms with Crippen LogP contribution in [0.3, 0.4) is 0 Å². The molecule has 0 radical (unpaired) electrons. The summed E-state index contributed by atoms with van der Waals surface area (Å²) in [7, 11) is 5.18. The number of hydrogen-bond acceptors (Lipinski definition) is 5. The second-order valence-electron chi connectivity index (χ2n) is 7.81. The summed E-state index contributed by atoms with van der Waals surface area (Å²) in [6, 6.07) is 9.47. The summed E-state index contributed by atoms with van der Waals surface area (Å²) in [5.41, 5.74) is 1.61. The normalized spacial score (nSPS) is 23.1. The molecule has 1 aromatic heterocycles. The first-order valence-electron chi connectivity index (χ1n) is 9.67. The van der Waals surface area contributed by atoms with Crippen molar-refractivity contribution in [1.29, 1.82) is 0 Å². The van der Waals surface area contributed by atoms with E-state index in [4.69, 9.17) is 4.74 Å². The number of amides is 3. The molecule has 3 heterocycles. The van der Waals surface area contributed by atoms with Crippen molar-refractivity contribution in [2.24, 2.45) is 11.8 Å². The summed E-state index contributed by atoms with van der Waals surface area (Å²) in [5, 5.41) is 7.56. The van der Waals surface area contributed by atoms with Gasteiger partial charge in [0.2, 0.25) is 0 Å². The minimum Gasteiger partial charge on any atom is -0.497 e. The first-order valence-corrected chi connectivity index (χ1v) is 9.67. The highest BCUT2D eigenvalue weighted by molar-refractivity contribution is 5.94. The van der Waals surface area contributed by atoms with E-state index < -0.39 is 0 Å². The van der Waals surface area contributed by atoms with Crippen LogP contribution in [-0.2, 0) is 0 Å². The molecular weight excluding hydrogens is 370 g/mol. The number of hydrogen-bond donors (Lipinski definition) is 0. The van der Waals surface area contributed by atoms with Crippen LogP contribution in [0, 0.1) is 11.8 Å². The first-order chi connectivity index (χ1) is 14.0. The van der Waals surface area contributed by atoms with E-state index in [9.17, 15) is 9.59 Å². The predicted molar refractivity (Wildman–Crippen MR) is 106 cm³/mol. The highest BCUT2D eigenvalue weighted by atomic mass is 16.5. The molecule has 2 saturated heterocycles. The Kier molecular flexibility index (Phi) is 5.08. The van der Waals surface area contributed by atoms with E-state index in [0.29, 0.717) is 25.2 Å². The molecule has 0 bridgehead atoms. The Hall–Kier alpha value is -3.16. The van der Waals surface area contributed by atoms with Crippen molar-refractivity contribution in [2.75, 3.05) is 40.8 Å². The quantitative estimate of drug-likeness (QED) is 0.793. The number of benzene rings is 1. The van der Waals surface area contributed by atoms with Crippen molar-refractivity contribution < 1.29 is 14.3 Å². The fourth-order valence-corrected chi connectivity index (χ4v) is 4.49. The molecule has 8 heteroatoms. The molecule has 0 spiro atoms. The minimum absolute atomic E-state index is 0.00331. The van der Waals surface area contributed by atoms with Crippen LogP contribution in [0.15, 0.2) is 42.7 Å². The molecule has 2 aliphatic rings. The SMILES string of the molecule is COc1ccc([C@H]2[C@@H]3CN(C(=O)c4ccnnc4)C[C@@H]3CN2C(=O)N(C)C)cc1. The fraction of sp³-hybridized carbons (Fsp3) is 0.429. The molecule has 0 N–H and O–H groups in total. The van der Waals surface area contributed by atoms with Crippen LogP contribution in [0.5, 0.6) is 5.75 Å². The van der Waals surface area contributed by atoms with Crippen molar-refractivity contribution in [2.45, 2.75) is 6.04 Å². The minimum atomic E-state index is -0.0748. The number of methoxy groups -OCH3 is 1. The van der Waals surface area contributed by atoms with Gasteiger partial charge >= 0.3 is 6.03 Å². The molecular formula is C21H25N5O3. The smallest absolute Gasteiger partial charge is 0.320 e. The fourth-order valence-electron chi connectivity index (χ4n) is 4.49. The predicted octanol–water partition coefficient (Wildman–Crippen LogP) is 1.91. The Labute approximate surface area is 170 Å². The maximum atomic E-state index is 12.9. The van der Waals surface area contributed by atoms with Crippen molar-refractivity contribution in [3.05, 3.63) is 53.9 Å². The Morgan fingerprint density at radius 2 is 1.83 bits per heavy atom. The van der Waals surface area contributed by atoms with Gasteiger partial charge in [0.25, 0.3) is 5.91 Å². The zero-order chi connectivity index (χ0) is 20.5. The molecule has 0 saturated carbocycles. The number of carbonyl (C=O) groups excluding carboxylic acids is 2. The largest absolute Gasteiger partial charge is 0.497 e. The molecule has 3 amide bonds.